The first-order valence-corrected chi connectivity index (χ1v) is 7.55. The van der Waals surface area contributed by atoms with Gasteiger partial charge in [0.1, 0.15) is 4.88 Å². The summed E-state index contributed by atoms with van der Waals surface area (Å²) in [4.78, 5) is 12.7. The number of carbonyl (C=O) groups is 1. The van der Waals surface area contributed by atoms with Crippen molar-refractivity contribution in [3.05, 3.63) is 43.0 Å². The molecule has 6 heteroatoms. The molecular formula is C13H12BrClN2OS. The minimum absolute atomic E-state index is 0.251. The maximum Gasteiger partial charge on any atom is 0.267 e. The lowest BCUT2D eigenvalue weighted by Gasteiger charge is -2.11. The summed E-state index contributed by atoms with van der Waals surface area (Å²) in [6.45, 7) is 3.80. The number of rotatable bonds is 2. The fourth-order valence-electron chi connectivity index (χ4n) is 1.65. The minimum Gasteiger partial charge on any atom is -0.397 e. The van der Waals surface area contributed by atoms with Gasteiger partial charge in [0, 0.05) is 4.47 Å². The average Bonchev–Trinajstić information content (AvgIpc) is 2.64. The van der Waals surface area contributed by atoms with Gasteiger partial charge >= 0.3 is 0 Å². The van der Waals surface area contributed by atoms with E-state index in [4.69, 9.17) is 17.3 Å². The van der Waals surface area contributed by atoms with Crippen LogP contribution in [-0.2, 0) is 0 Å². The Bertz CT molecular complexity index is 631. The second-order valence-electron chi connectivity index (χ2n) is 4.23. The number of hydrogen-bond acceptors (Lipinski definition) is 3. The summed E-state index contributed by atoms with van der Waals surface area (Å²) >= 11 is 10.8. The number of halogens is 2. The molecule has 0 radical (unpaired) electrons. The molecule has 1 aromatic heterocycles. The fourth-order valence-corrected chi connectivity index (χ4v) is 3.52. The molecule has 1 aromatic carbocycles. The second kappa shape index (κ2) is 5.53. The molecule has 1 amide bonds. The van der Waals surface area contributed by atoms with Crippen LogP contribution in [0.1, 0.15) is 20.8 Å². The van der Waals surface area contributed by atoms with Crippen molar-refractivity contribution in [2.45, 2.75) is 13.8 Å². The number of hydrogen-bond donors (Lipinski definition) is 2. The van der Waals surface area contributed by atoms with E-state index in [1.165, 1.54) is 11.3 Å². The first-order chi connectivity index (χ1) is 8.90. The van der Waals surface area contributed by atoms with Crippen molar-refractivity contribution >= 4 is 56.1 Å². The molecule has 0 saturated heterocycles. The molecule has 0 fully saturated rings. The van der Waals surface area contributed by atoms with Gasteiger partial charge in [-0.1, -0.05) is 11.6 Å². The molecule has 0 bridgehead atoms. The maximum absolute atomic E-state index is 12.2. The van der Waals surface area contributed by atoms with E-state index < -0.39 is 0 Å². The molecule has 3 N–H and O–H groups in total. The predicted molar refractivity (Wildman–Crippen MR) is 85.3 cm³/mol. The maximum atomic E-state index is 12.2. The Labute approximate surface area is 128 Å². The predicted octanol–water partition coefficient (Wildman–Crippen LogP) is 4.62. The highest BCUT2D eigenvalue weighted by molar-refractivity contribution is 9.10. The zero-order valence-electron chi connectivity index (χ0n) is 10.4. The molecule has 0 aliphatic heterocycles. The van der Waals surface area contributed by atoms with Crippen LogP contribution in [0, 0.1) is 13.8 Å². The molecule has 0 spiro atoms. The van der Waals surface area contributed by atoms with Gasteiger partial charge in [0.25, 0.3) is 5.91 Å². The molecule has 0 saturated carbocycles. The third-order valence-corrected chi connectivity index (χ3v) is 4.93. The van der Waals surface area contributed by atoms with Crippen molar-refractivity contribution in [1.29, 1.82) is 0 Å². The smallest absolute Gasteiger partial charge is 0.267 e. The molecule has 3 nitrogen and oxygen atoms in total. The van der Waals surface area contributed by atoms with Gasteiger partial charge in [-0.3, -0.25) is 4.79 Å². The number of amides is 1. The standard InChI is InChI=1S/C13H12BrClN2OS/c1-6-3-8(14)11(9(16)4-6)17-13(18)12-10(15)7(2)5-19-12/h3-5H,16H2,1-2H3,(H,17,18). The quantitative estimate of drug-likeness (QED) is 0.769. The Morgan fingerprint density at radius 3 is 2.63 bits per heavy atom. The number of anilines is 2. The zero-order chi connectivity index (χ0) is 14.2. The Balaban J connectivity index is 2.32. The van der Waals surface area contributed by atoms with Crippen LogP contribution < -0.4 is 11.1 Å². The number of aryl methyl sites for hydroxylation is 2. The van der Waals surface area contributed by atoms with E-state index in [0.717, 1.165) is 15.6 Å². The molecule has 2 rings (SSSR count). The number of thiophene rings is 1. The number of nitrogens with one attached hydrogen (secondary N) is 1. The normalized spacial score (nSPS) is 10.5. The van der Waals surface area contributed by atoms with Crippen LogP contribution in [0.25, 0.3) is 0 Å². The SMILES string of the molecule is Cc1cc(N)c(NC(=O)c2scc(C)c2Cl)c(Br)c1. The molecule has 2 aromatic rings. The summed E-state index contributed by atoms with van der Waals surface area (Å²) in [6.07, 6.45) is 0. The first kappa shape index (κ1) is 14.4. The van der Waals surface area contributed by atoms with E-state index >= 15 is 0 Å². The van der Waals surface area contributed by atoms with Crippen LogP contribution in [0.2, 0.25) is 5.02 Å². The number of nitrogen functional groups attached to an aromatic ring is 1. The van der Waals surface area contributed by atoms with Crippen molar-refractivity contribution in [3.8, 4) is 0 Å². The molecule has 0 aliphatic carbocycles. The van der Waals surface area contributed by atoms with E-state index in [2.05, 4.69) is 21.2 Å². The van der Waals surface area contributed by atoms with Gasteiger partial charge in [0.2, 0.25) is 0 Å². The zero-order valence-corrected chi connectivity index (χ0v) is 13.5. The van der Waals surface area contributed by atoms with E-state index in [0.29, 0.717) is 21.3 Å². The molecule has 0 aliphatic rings. The number of carbonyl (C=O) groups excluding carboxylic acids is 1. The van der Waals surface area contributed by atoms with E-state index in [-0.39, 0.29) is 5.91 Å². The molecule has 1 heterocycles. The Morgan fingerprint density at radius 2 is 2.11 bits per heavy atom. The summed E-state index contributed by atoms with van der Waals surface area (Å²) < 4.78 is 0.753. The lowest BCUT2D eigenvalue weighted by atomic mass is 10.2. The highest BCUT2D eigenvalue weighted by atomic mass is 79.9. The van der Waals surface area contributed by atoms with Crippen molar-refractivity contribution in [2.24, 2.45) is 0 Å². The molecule has 100 valence electrons. The Hall–Kier alpha value is -1.04. The third kappa shape index (κ3) is 2.94. The highest BCUT2D eigenvalue weighted by Crippen LogP contribution is 2.33. The van der Waals surface area contributed by atoms with E-state index in [1.807, 2.05) is 31.4 Å². The number of benzene rings is 1. The highest BCUT2D eigenvalue weighted by Gasteiger charge is 2.17. The van der Waals surface area contributed by atoms with Crippen molar-refractivity contribution in [1.82, 2.24) is 0 Å². The van der Waals surface area contributed by atoms with Gasteiger partial charge in [0.15, 0.2) is 0 Å². The van der Waals surface area contributed by atoms with E-state index in [9.17, 15) is 4.79 Å². The van der Waals surface area contributed by atoms with E-state index in [1.54, 1.807) is 0 Å². The van der Waals surface area contributed by atoms with Crippen LogP contribution >= 0.6 is 38.9 Å². The van der Waals surface area contributed by atoms with Crippen LogP contribution in [-0.4, -0.2) is 5.91 Å². The Kier molecular flexibility index (Phi) is 4.18. The number of nitrogens with two attached hydrogens (primary N) is 1. The van der Waals surface area contributed by atoms with Crippen molar-refractivity contribution in [2.75, 3.05) is 11.1 Å². The minimum atomic E-state index is -0.251. The van der Waals surface area contributed by atoms with Crippen molar-refractivity contribution < 1.29 is 4.79 Å². The second-order valence-corrected chi connectivity index (χ2v) is 6.34. The van der Waals surface area contributed by atoms with Gasteiger partial charge in [-0.05, 0) is 58.4 Å². The Morgan fingerprint density at radius 1 is 1.42 bits per heavy atom. The van der Waals surface area contributed by atoms with Gasteiger partial charge in [-0.2, -0.15) is 0 Å². The monoisotopic (exact) mass is 358 g/mol. The lowest BCUT2D eigenvalue weighted by molar-refractivity contribution is 0.103. The van der Waals surface area contributed by atoms with Crippen molar-refractivity contribution in [3.63, 3.8) is 0 Å². The molecule has 19 heavy (non-hydrogen) atoms. The summed E-state index contributed by atoms with van der Waals surface area (Å²) in [5.41, 5.74) is 8.92. The largest absolute Gasteiger partial charge is 0.397 e. The molecule has 0 unspecified atom stereocenters. The van der Waals surface area contributed by atoms with Crippen LogP contribution in [0.15, 0.2) is 22.0 Å². The van der Waals surface area contributed by atoms with Gasteiger partial charge < -0.3 is 11.1 Å². The topological polar surface area (TPSA) is 55.1 Å². The average molecular weight is 360 g/mol. The van der Waals surface area contributed by atoms with Crippen LogP contribution in [0.5, 0.6) is 0 Å². The summed E-state index contributed by atoms with van der Waals surface area (Å²) in [6, 6.07) is 3.70. The fraction of sp³-hybridized carbons (Fsp3) is 0.154. The van der Waals surface area contributed by atoms with Crippen LogP contribution in [0.3, 0.4) is 0 Å². The summed E-state index contributed by atoms with van der Waals surface area (Å²) in [7, 11) is 0. The lowest BCUT2D eigenvalue weighted by Crippen LogP contribution is -2.13. The van der Waals surface area contributed by atoms with Gasteiger partial charge in [-0.15, -0.1) is 11.3 Å². The van der Waals surface area contributed by atoms with Gasteiger partial charge in [-0.25, -0.2) is 0 Å². The summed E-state index contributed by atoms with van der Waals surface area (Å²) in [5, 5.41) is 5.13. The third-order valence-electron chi connectivity index (χ3n) is 2.61. The van der Waals surface area contributed by atoms with Gasteiger partial charge in [0.05, 0.1) is 16.4 Å². The summed E-state index contributed by atoms with van der Waals surface area (Å²) in [5.74, 6) is -0.251. The first-order valence-electron chi connectivity index (χ1n) is 5.50. The van der Waals surface area contributed by atoms with Crippen LogP contribution in [0.4, 0.5) is 11.4 Å². The molecular weight excluding hydrogens is 348 g/mol. The molecule has 0 atom stereocenters.